The van der Waals surface area contributed by atoms with E-state index in [2.05, 4.69) is 23.3 Å². The Kier molecular flexibility index (Phi) is 4.03. The van der Waals surface area contributed by atoms with Gasteiger partial charge in [-0.25, -0.2) is 0 Å². The Hall–Kier alpha value is -0.0900. The Balaban J connectivity index is 1.92. The molecule has 84 valence electrons. The maximum atomic E-state index is 6.12. The standard InChI is InChI=1S/C11H16ClNOS/c1-9-4-10(8-15-9)5-13-2-3-14-7-11(12)6-13/h4,8,11H,2-3,5-7H2,1H3. The molecule has 1 aromatic rings. The highest BCUT2D eigenvalue weighted by Crippen LogP contribution is 2.16. The SMILES string of the molecule is Cc1cc(CN2CCOCC(Cl)C2)cs1. The number of nitrogens with zero attached hydrogens (tertiary/aromatic N) is 1. The third kappa shape index (κ3) is 3.45. The molecule has 1 fully saturated rings. The van der Waals surface area contributed by atoms with Crippen LogP contribution < -0.4 is 0 Å². The molecule has 1 aliphatic heterocycles. The summed E-state index contributed by atoms with van der Waals surface area (Å²) in [5.41, 5.74) is 1.39. The van der Waals surface area contributed by atoms with E-state index < -0.39 is 0 Å². The summed E-state index contributed by atoms with van der Waals surface area (Å²) in [5, 5.41) is 2.36. The molecule has 1 unspecified atom stereocenters. The van der Waals surface area contributed by atoms with Crippen LogP contribution in [0.5, 0.6) is 0 Å². The molecular formula is C11H16ClNOS. The van der Waals surface area contributed by atoms with E-state index in [4.69, 9.17) is 16.3 Å². The van der Waals surface area contributed by atoms with Crippen LogP contribution in [-0.2, 0) is 11.3 Å². The van der Waals surface area contributed by atoms with Crippen LogP contribution in [0.15, 0.2) is 11.4 Å². The smallest absolute Gasteiger partial charge is 0.0696 e. The molecule has 1 atom stereocenters. The highest BCUT2D eigenvalue weighted by Gasteiger charge is 2.16. The minimum absolute atomic E-state index is 0.132. The number of hydrogen-bond donors (Lipinski definition) is 0. The number of halogens is 1. The second-order valence-corrected chi connectivity index (χ2v) is 5.71. The van der Waals surface area contributed by atoms with Gasteiger partial charge < -0.3 is 4.74 Å². The highest BCUT2D eigenvalue weighted by molar-refractivity contribution is 7.10. The summed E-state index contributed by atoms with van der Waals surface area (Å²) in [4.78, 5) is 3.74. The first-order valence-corrected chi connectivity index (χ1v) is 6.54. The number of hydrogen-bond acceptors (Lipinski definition) is 3. The first-order chi connectivity index (χ1) is 7.24. The van der Waals surface area contributed by atoms with Gasteiger partial charge in [0.1, 0.15) is 0 Å². The molecule has 0 N–H and O–H groups in total. The number of rotatable bonds is 2. The van der Waals surface area contributed by atoms with E-state index in [1.807, 2.05) is 11.3 Å². The van der Waals surface area contributed by atoms with Crippen LogP contribution in [0.4, 0.5) is 0 Å². The molecule has 0 bridgehead atoms. The zero-order chi connectivity index (χ0) is 10.7. The zero-order valence-corrected chi connectivity index (χ0v) is 10.5. The summed E-state index contributed by atoms with van der Waals surface area (Å²) in [5.74, 6) is 0. The number of thiophene rings is 1. The van der Waals surface area contributed by atoms with Crippen molar-refractivity contribution < 1.29 is 4.74 Å². The second kappa shape index (κ2) is 5.30. The number of alkyl halides is 1. The molecule has 15 heavy (non-hydrogen) atoms. The predicted molar refractivity (Wildman–Crippen MR) is 64.8 cm³/mol. The summed E-state index contributed by atoms with van der Waals surface area (Å²) >= 11 is 7.93. The average Bonchev–Trinajstić information content (AvgIpc) is 2.46. The average molecular weight is 246 g/mol. The fourth-order valence-electron chi connectivity index (χ4n) is 1.81. The van der Waals surface area contributed by atoms with Crippen molar-refractivity contribution >= 4 is 22.9 Å². The largest absolute Gasteiger partial charge is 0.379 e. The van der Waals surface area contributed by atoms with Gasteiger partial charge in [0, 0.05) is 24.5 Å². The minimum atomic E-state index is 0.132. The lowest BCUT2D eigenvalue weighted by Gasteiger charge is -2.19. The van der Waals surface area contributed by atoms with Crippen molar-refractivity contribution in [1.29, 1.82) is 0 Å². The first kappa shape index (κ1) is 11.4. The fourth-order valence-corrected chi connectivity index (χ4v) is 2.80. The summed E-state index contributed by atoms with van der Waals surface area (Å²) < 4.78 is 5.41. The molecule has 0 aliphatic carbocycles. The van der Waals surface area contributed by atoms with Gasteiger partial charge >= 0.3 is 0 Å². The van der Waals surface area contributed by atoms with Gasteiger partial charge in [-0.3, -0.25) is 4.90 Å². The van der Waals surface area contributed by atoms with E-state index >= 15 is 0 Å². The Morgan fingerprint density at radius 3 is 3.27 bits per heavy atom. The molecule has 0 saturated carbocycles. The number of ether oxygens (including phenoxy) is 1. The predicted octanol–water partition coefficient (Wildman–Crippen LogP) is 2.50. The van der Waals surface area contributed by atoms with Gasteiger partial charge in [-0.15, -0.1) is 22.9 Å². The molecular weight excluding hydrogens is 230 g/mol. The van der Waals surface area contributed by atoms with Crippen molar-refractivity contribution in [2.75, 3.05) is 26.3 Å². The lowest BCUT2D eigenvalue weighted by molar-refractivity contribution is 0.141. The zero-order valence-electron chi connectivity index (χ0n) is 8.91. The summed E-state index contributed by atoms with van der Waals surface area (Å²) in [6.07, 6.45) is 0. The highest BCUT2D eigenvalue weighted by atomic mass is 35.5. The van der Waals surface area contributed by atoms with Crippen LogP contribution in [0.3, 0.4) is 0 Å². The Morgan fingerprint density at radius 1 is 1.67 bits per heavy atom. The lowest BCUT2D eigenvalue weighted by Crippen LogP contribution is -2.29. The van der Waals surface area contributed by atoms with Gasteiger partial charge in [-0.1, -0.05) is 0 Å². The quantitative estimate of drug-likeness (QED) is 0.743. The number of aryl methyl sites for hydroxylation is 1. The topological polar surface area (TPSA) is 12.5 Å². The molecule has 2 nitrogen and oxygen atoms in total. The van der Waals surface area contributed by atoms with Crippen LogP contribution in [0.1, 0.15) is 10.4 Å². The van der Waals surface area contributed by atoms with Crippen LogP contribution >= 0.6 is 22.9 Å². The van der Waals surface area contributed by atoms with Crippen molar-refractivity contribution in [3.8, 4) is 0 Å². The van der Waals surface area contributed by atoms with E-state index in [9.17, 15) is 0 Å². The monoisotopic (exact) mass is 245 g/mol. The molecule has 1 saturated heterocycles. The molecule has 1 aromatic heterocycles. The van der Waals surface area contributed by atoms with Gasteiger partial charge in [0.25, 0.3) is 0 Å². The lowest BCUT2D eigenvalue weighted by atomic mass is 10.3. The van der Waals surface area contributed by atoms with Crippen LogP contribution in [0.2, 0.25) is 0 Å². The molecule has 0 spiro atoms. The first-order valence-electron chi connectivity index (χ1n) is 5.22. The molecule has 2 heterocycles. The van der Waals surface area contributed by atoms with Crippen molar-refractivity contribution in [3.05, 3.63) is 21.9 Å². The van der Waals surface area contributed by atoms with Gasteiger partial charge in [0.05, 0.1) is 18.6 Å². The van der Waals surface area contributed by atoms with E-state index in [1.165, 1.54) is 10.4 Å². The van der Waals surface area contributed by atoms with Crippen molar-refractivity contribution in [3.63, 3.8) is 0 Å². The molecule has 0 aromatic carbocycles. The Morgan fingerprint density at radius 2 is 2.53 bits per heavy atom. The van der Waals surface area contributed by atoms with E-state index in [0.717, 1.165) is 26.2 Å². The van der Waals surface area contributed by atoms with Gasteiger partial charge in [0.2, 0.25) is 0 Å². The normalized spacial score (nSPS) is 24.0. The minimum Gasteiger partial charge on any atom is -0.379 e. The van der Waals surface area contributed by atoms with Gasteiger partial charge in [0.15, 0.2) is 0 Å². The maximum absolute atomic E-state index is 6.12. The summed E-state index contributed by atoms with van der Waals surface area (Å²) in [6.45, 7) is 6.53. The van der Waals surface area contributed by atoms with E-state index in [0.29, 0.717) is 6.61 Å². The van der Waals surface area contributed by atoms with E-state index in [1.54, 1.807) is 0 Å². The molecule has 1 aliphatic rings. The molecule has 2 rings (SSSR count). The third-order valence-corrected chi connectivity index (χ3v) is 3.67. The van der Waals surface area contributed by atoms with Gasteiger partial charge in [-0.05, 0) is 23.9 Å². The van der Waals surface area contributed by atoms with E-state index in [-0.39, 0.29) is 5.38 Å². The third-order valence-electron chi connectivity index (χ3n) is 2.50. The van der Waals surface area contributed by atoms with Crippen LogP contribution in [-0.4, -0.2) is 36.6 Å². The molecule has 0 amide bonds. The molecule has 0 radical (unpaired) electrons. The summed E-state index contributed by atoms with van der Waals surface area (Å²) in [6, 6.07) is 2.25. The van der Waals surface area contributed by atoms with Crippen LogP contribution in [0, 0.1) is 6.92 Å². The second-order valence-electron chi connectivity index (χ2n) is 3.97. The van der Waals surface area contributed by atoms with Crippen molar-refractivity contribution in [1.82, 2.24) is 4.90 Å². The van der Waals surface area contributed by atoms with Gasteiger partial charge in [-0.2, -0.15) is 0 Å². The fraction of sp³-hybridized carbons (Fsp3) is 0.636. The summed E-state index contributed by atoms with van der Waals surface area (Å²) in [7, 11) is 0. The van der Waals surface area contributed by atoms with Crippen molar-refractivity contribution in [2.45, 2.75) is 18.8 Å². The Labute approximate surface area is 99.8 Å². The Bertz CT molecular complexity index is 315. The van der Waals surface area contributed by atoms with Crippen molar-refractivity contribution in [2.24, 2.45) is 0 Å². The van der Waals surface area contributed by atoms with Crippen LogP contribution in [0.25, 0.3) is 0 Å². The molecule has 4 heteroatoms. The maximum Gasteiger partial charge on any atom is 0.0696 e.